The van der Waals surface area contributed by atoms with Gasteiger partial charge in [-0.25, -0.2) is 0 Å². The van der Waals surface area contributed by atoms with Gasteiger partial charge in [-0.2, -0.15) is 0 Å². The Morgan fingerprint density at radius 3 is 2.59 bits per heavy atom. The molecule has 0 radical (unpaired) electrons. The highest BCUT2D eigenvalue weighted by Gasteiger charge is 2.37. The van der Waals surface area contributed by atoms with Crippen LogP contribution in [0.1, 0.15) is 24.8 Å². The summed E-state index contributed by atoms with van der Waals surface area (Å²) in [5.41, 5.74) is 0.896. The van der Waals surface area contributed by atoms with Gasteiger partial charge in [0.05, 0.1) is 11.3 Å². The zero-order valence-corrected chi connectivity index (χ0v) is 13.1. The molecular weight excluding hydrogens is 306 g/mol. The largest absolute Gasteiger partial charge is 0.335 e. The van der Waals surface area contributed by atoms with E-state index < -0.39 is 4.92 Å². The lowest BCUT2D eigenvalue weighted by molar-refractivity contribution is -0.384. The van der Waals surface area contributed by atoms with Gasteiger partial charge in [0, 0.05) is 30.8 Å². The Morgan fingerprint density at radius 2 is 1.91 bits per heavy atom. The number of hydrogen-bond acceptors (Lipinski definition) is 4. The molecule has 2 aliphatic rings. The summed E-state index contributed by atoms with van der Waals surface area (Å²) in [4.78, 5) is 24.8. The molecule has 1 N–H and O–H groups in total. The summed E-state index contributed by atoms with van der Waals surface area (Å²) in [5.74, 6) is 0.139. The maximum absolute atomic E-state index is 12.6. The third kappa shape index (κ3) is 3.39. The summed E-state index contributed by atoms with van der Waals surface area (Å²) in [5, 5.41) is 14.0. The molecule has 2 aliphatic heterocycles. The maximum Gasteiger partial charge on any atom is 0.269 e. The van der Waals surface area contributed by atoms with Crippen molar-refractivity contribution in [2.75, 3.05) is 13.1 Å². The second-order valence-electron chi connectivity index (χ2n) is 5.78. The smallest absolute Gasteiger partial charge is 0.269 e. The van der Waals surface area contributed by atoms with E-state index in [0.29, 0.717) is 18.5 Å². The molecule has 0 saturated carbocycles. The topological polar surface area (TPSA) is 75.5 Å². The first-order valence-corrected chi connectivity index (χ1v) is 7.40. The highest BCUT2D eigenvalue weighted by Crippen LogP contribution is 2.28. The first-order chi connectivity index (χ1) is 10.1. The van der Waals surface area contributed by atoms with Gasteiger partial charge in [-0.1, -0.05) is 12.1 Å². The zero-order chi connectivity index (χ0) is 14.8. The van der Waals surface area contributed by atoms with Gasteiger partial charge < -0.3 is 10.2 Å². The number of benzene rings is 1. The molecule has 2 bridgehead atoms. The number of fused-ring (bicyclic) bond motifs is 2. The predicted octanol–water partition coefficient (Wildman–Crippen LogP) is 1.91. The van der Waals surface area contributed by atoms with Crippen LogP contribution in [0.5, 0.6) is 0 Å². The molecule has 2 saturated heterocycles. The molecule has 6 nitrogen and oxygen atoms in total. The average Bonchev–Trinajstić information content (AvgIpc) is 2.72. The number of nitrogens with zero attached hydrogens (tertiary/aromatic N) is 2. The van der Waals surface area contributed by atoms with E-state index in [4.69, 9.17) is 0 Å². The van der Waals surface area contributed by atoms with Crippen LogP contribution in [0.2, 0.25) is 0 Å². The number of non-ortho nitro benzene ring substituents is 1. The molecule has 7 heteroatoms. The maximum atomic E-state index is 12.6. The van der Waals surface area contributed by atoms with E-state index in [9.17, 15) is 14.9 Å². The minimum atomic E-state index is -0.424. The molecule has 2 fully saturated rings. The van der Waals surface area contributed by atoms with Crippen LogP contribution in [0.25, 0.3) is 0 Å². The zero-order valence-electron chi connectivity index (χ0n) is 12.2. The van der Waals surface area contributed by atoms with Gasteiger partial charge >= 0.3 is 0 Å². The molecule has 1 aromatic carbocycles. The summed E-state index contributed by atoms with van der Waals surface area (Å²) < 4.78 is 0. The minimum Gasteiger partial charge on any atom is -0.335 e. The van der Waals surface area contributed by atoms with E-state index in [1.165, 1.54) is 12.1 Å². The standard InChI is InChI=1S/C15H19N3O3.ClH/c19-15(9-11-1-3-13(4-2-11)18(20)21)17-12-5-6-14(17)10-16-8-7-12;/h1-4,12,14,16H,5-10H2;1H. The van der Waals surface area contributed by atoms with Gasteiger partial charge in [-0.3, -0.25) is 14.9 Å². The van der Waals surface area contributed by atoms with Crippen LogP contribution in [-0.2, 0) is 11.2 Å². The summed E-state index contributed by atoms with van der Waals surface area (Å²) in [6.45, 7) is 1.85. The Morgan fingerprint density at radius 1 is 1.23 bits per heavy atom. The van der Waals surface area contributed by atoms with Crippen LogP contribution in [0.3, 0.4) is 0 Å². The summed E-state index contributed by atoms with van der Waals surface area (Å²) >= 11 is 0. The van der Waals surface area contributed by atoms with Crippen LogP contribution in [-0.4, -0.2) is 40.9 Å². The fraction of sp³-hybridized carbons (Fsp3) is 0.533. The van der Waals surface area contributed by atoms with Crippen LogP contribution in [0, 0.1) is 10.1 Å². The second kappa shape index (κ2) is 7.07. The fourth-order valence-electron chi connectivity index (χ4n) is 3.39. The molecule has 1 aromatic rings. The normalized spacial score (nSPS) is 23.5. The molecule has 2 heterocycles. The van der Waals surface area contributed by atoms with Crippen LogP contribution < -0.4 is 5.32 Å². The van der Waals surface area contributed by atoms with Crippen LogP contribution in [0.15, 0.2) is 24.3 Å². The Hall–Kier alpha value is -1.66. The van der Waals surface area contributed by atoms with Gasteiger partial charge in [-0.05, 0) is 31.4 Å². The van der Waals surface area contributed by atoms with Gasteiger partial charge in [-0.15, -0.1) is 12.4 Å². The third-order valence-corrected chi connectivity index (χ3v) is 4.44. The SMILES string of the molecule is Cl.O=C(Cc1ccc([N+](=O)[O-])cc1)N1C2CCNCC1CC2. The van der Waals surface area contributed by atoms with E-state index >= 15 is 0 Å². The molecule has 22 heavy (non-hydrogen) atoms. The molecule has 0 aromatic heterocycles. The third-order valence-electron chi connectivity index (χ3n) is 4.44. The first kappa shape index (κ1) is 16.7. The number of nitrogens with one attached hydrogen (secondary N) is 1. The number of amides is 1. The highest BCUT2D eigenvalue weighted by atomic mass is 35.5. The molecule has 120 valence electrons. The number of nitro groups is 1. The van der Waals surface area contributed by atoms with Crippen molar-refractivity contribution in [3.63, 3.8) is 0 Å². The first-order valence-electron chi connectivity index (χ1n) is 7.40. The Bertz CT molecular complexity index is 535. The molecule has 0 spiro atoms. The molecule has 1 amide bonds. The molecule has 0 aliphatic carbocycles. The van der Waals surface area contributed by atoms with E-state index in [0.717, 1.165) is 37.9 Å². The molecule has 2 atom stereocenters. The Kier molecular flexibility index (Phi) is 5.37. The van der Waals surface area contributed by atoms with Gasteiger partial charge in [0.2, 0.25) is 5.91 Å². The number of rotatable bonds is 3. The van der Waals surface area contributed by atoms with Gasteiger partial charge in [0.25, 0.3) is 5.69 Å². The molecule has 3 rings (SSSR count). The Labute approximate surface area is 135 Å². The minimum absolute atomic E-state index is 0. The molecule has 2 unspecified atom stereocenters. The quantitative estimate of drug-likeness (QED) is 0.680. The monoisotopic (exact) mass is 325 g/mol. The molecular formula is C15H20ClN3O3. The van der Waals surface area contributed by atoms with Crippen molar-refractivity contribution in [3.05, 3.63) is 39.9 Å². The average molecular weight is 326 g/mol. The summed E-state index contributed by atoms with van der Waals surface area (Å²) in [6, 6.07) is 6.93. The van der Waals surface area contributed by atoms with Crippen molar-refractivity contribution < 1.29 is 9.72 Å². The van der Waals surface area contributed by atoms with Crippen molar-refractivity contribution in [3.8, 4) is 0 Å². The lowest BCUT2D eigenvalue weighted by Gasteiger charge is -2.28. The van der Waals surface area contributed by atoms with Gasteiger partial charge in [0.15, 0.2) is 0 Å². The van der Waals surface area contributed by atoms with E-state index in [1.54, 1.807) is 12.1 Å². The van der Waals surface area contributed by atoms with Crippen molar-refractivity contribution in [2.24, 2.45) is 0 Å². The van der Waals surface area contributed by atoms with E-state index in [2.05, 4.69) is 5.32 Å². The predicted molar refractivity (Wildman–Crippen MR) is 85.2 cm³/mol. The Balaban J connectivity index is 0.00000176. The van der Waals surface area contributed by atoms with Gasteiger partial charge in [0.1, 0.15) is 0 Å². The number of hydrogen-bond donors (Lipinski definition) is 1. The second-order valence-corrected chi connectivity index (χ2v) is 5.78. The fourth-order valence-corrected chi connectivity index (χ4v) is 3.39. The highest BCUT2D eigenvalue weighted by molar-refractivity contribution is 5.85. The van der Waals surface area contributed by atoms with Crippen molar-refractivity contribution in [1.29, 1.82) is 0 Å². The van der Waals surface area contributed by atoms with Crippen molar-refractivity contribution >= 4 is 24.0 Å². The number of nitro benzene ring substituents is 1. The summed E-state index contributed by atoms with van der Waals surface area (Å²) in [6.07, 6.45) is 3.51. The van der Waals surface area contributed by atoms with Crippen molar-refractivity contribution in [2.45, 2.75) is 37.8 Å². The van der Waals surface area contributed by atoms with E-state index in [1.807, 2.05) is 4.90 Å². The van der Waals surface area contributed by atoms with E-state index in [-0.39, 0.29) is 24.0 Å². The number of carbonyl (C=O) groups is 1. The lowest BCUT2D eigenvalue weighted by Crippen LogP contribution is -2.43. The summed E-state index contributed by atoms with van der Waals surface area (Å²) in [7, 11) is 0. The number of carbonyl (C=O) groups excluding carboxylic acids is 1. The lowest BCUT2D eigenvalue weighted by atomic mass is 10.1. The number of halogens is 1. The van der Waals surface area contributed by atoms with Crippen LogP contribution >= 0.6 is 12.4 Å². The van der Waals surface area contributed by atoms with Crippen LogP contribution in [0.4, 0.5) is 5.69 Å². The van der Waals surface area contributed by atoms with Crippen molar-refractivity contribution in [1.82, 2.24) is 10.2 Å².